The lowest BCUT2D eigenvalue weighted by molar-refractivity contribution is 0.0456. The van der Waals surface area contributed by atoms with E-state index in [-0.39, 0.29) is 12.1 Å². The molecule has 2 aromatic rings. The molecule has 1 unspecified atom stereocenters. The molecule has 0 bridgehead atoms. The predicted octanol–water partition coefficient (Wildman–Crippen LogP) is 3.38. The molecule has 0 spiro atoms. The molecule has 0 N–H and O–H groups in total. The zero-order valence-corrected chi connectivity index (χ0v) is 12.0. The van der Waals surface area contributed by atoms with Crippen molar-refractivity contribution in [2.45, 2.75) is 13.0 Å². The molecule has 0 saturated carbocycles. The van der Waals surface area contributed by atoms with Crippen LogP contribution in [0.3, 0.4) is 0 Å². The van der Waals surface area contributed by atoms with Gasteiger partial charge < -0.3 is 9.64 Å². The first-order valence-electron chi connectivity index (χ1n) is 6.15. The Morgan fingerprint density at radius 2 is 2.00 bits per heavy atom. The number of fused-ring (bicyclic) bond motifs is 1. The van der Waals surface area contributed by atoms with Crippen molar-refractivity contribution in [3.05, 3.63) is 51.2 Å². The van der Waals surface area contributed by atoms with Gasteiger partial charge in [0.05, 0.1) is 11.3 Å². The number of nitrogens with zero attached hydrogens (tertiary/aromatic N) is 1. The van der Waals surface area contributed by atoms with Crippen molar-refractivity contribution >= 4 is 23.0 Å². The van der Waals surface area contributed by atoms with E-state index in [4.69, 9.17) is 4.74 Å². The second-order valence-electron chi connectivity index (χ2n) is 4.86. The van der Waals surface area contributed by atoms with E-state index >= 15 is 0 Å². The molecule has 1 atom stereocenters. The minimum Gasteiger partial charge on any atom is -0.449 e. The van der Waals surface area contributed by atoms with Gasteiger partial charge in [-0.15, -0.1) is 11.3 Å². The summed E-state index contributed by atoms with van der Waals surface area (Å²) in [4.78, 5) is 15.2. The molecule has 3 nitrogen and oxygen atoms in total. The van der Waals surface area contributed by atoms with Crippen molar-refractivity contribution in [2.24, 2.45) is 0 Å². The molecule has 0 fully saturated rings. The van der Waals surface area contributed by atoms with Gasteiger partial charge in [0.15, 0.2) is 6.10 Å². The highest BCUT2D eigenvalue weighted by Gasteiger charge is 2.35. The van der Waals surface area contributed by atoms with Gasteiger partial charge in [0.2, 0.25) is 0 Å². The normalized spacial score (nSPS) is 17.2. The van der Waals surface area contributed by atoms with Crippen molar-refractivity contribution in [2.75, 3.05) is 19.0 Å². The number of thiophene rings is 1. The Morgan fingerprint density at radius 3 is 2.74 bits per heavy atom. The third-order valence-corrected chi connectivity index (χ3v) is 4.35. The van der Waals surface area contributed by atoms with Crippen molar-refractivity contribution in [3.8, 4) is 0 Å². The van der Waals surface area contributed by atoms with Gasteiger partial charge in [0, 0.05) is 35.5 Å². The summed E-state index contributed by atoms with van der Waals surface area (Å²) in [6.07, 6.45) is -0.271. The minimum atomic E-state index is -0.271. The summed E-state index contributed by atoms with van der Waals surface area (Å²) in [6.45, 7) is 2.07. The summed E-state index contributed by atoms with van der Waals surface area (Å²) >= 11 is 1.69. The van der Waals surface area contributed by atoms with Crippen LogP contribution in [0.1, 0.15) is 32.5 Å². The number of ether oxygens (including phenoxy) is 1. The zero-order valence-electron chi connectivity index (χ0n) is 11.1. The number of anilines is 1. The lowest BCUT2D eigenvalue weighted by Crippen LogP contribution is -2.12. The van der Waals surface area contributed by atoms with E-state index in [1.165, 1.54) is 4.88 Å². The van der Waals surface area contributed by atoms with Gasteiger partial charge in [-0.3, -0.25) is 0 Å². The summed E-state index contributed by atoms with van der Waals surface area (Å²) in [5.41, 5.74) is 3.88. The lowest BCUT2D eigenvalue weighted by atomic mass is 9.99. The number of cyclic esters (lactones) is 1. The summed E-state index contributed by atoms with van der Waals surface area (Å²) < 4.78 is 5.59. The van der Waals surface area contributed by atoms with E-state index in [1.807, 2.05) is 38.4 Å². The number of carbonyl (C=O) groups excluding carboxylic acids is 1. The van der Waals surface area contributed by atoms with E-state index < -0.39 is 0 Å². The van der Waals surface area contributed by atoms with Gasteiger partial charge in [0.25, 0.3) is 0 Å². The summed E-state index contributed by atoms with van der Waals surface area (Å²) in [5, 5.41) is 2.11. The molecule has 2 heterocycles. The maximum absolute atomic E-state index is 11.9. The quantitative estimate of drug-likeness (QED) is 0.786. The number of carbonyl (C=O) groups is 1. The Labute approximate surface area is 116 Å². The molecule has 1 aromatic carbocycles. The summed E-state index contributed by atoms with van der Waals surface area (Å²) in [6, 6.07) is 7.62. The molecule has 0 aliphatic carbocycles. The number of esters is 1. The first kappa shape index (κ1) is 12.2. The highest BCUT2D eigenvalue weighted by atomic mass is 32.1. The van der Waals surface area contributed by atoms with Gasteiger partial charge >= 0.3 is 5.97 Å². The smallest absolute Gasteiger partial charge is 0.339 e. The molecule has 0 radical (unpaired) electrons. The molecule has 19 heavy (non-hydrogen) atoms. The molecule has 98 valence electrons. The van der Waals surface area contributed by atoms with Crippen LogP contribution in [0, 0.1) is 6.92 Å². The van der Waals surface area contributed by atoms with E-state index in [0.717, 1.165) is 16.8 Å². The Balaban J connectivity index is 2.15. The SMILES string of the molecule is Cc1scc(N(C)C)c1C1OC(=O)c2ccccc21. The van der Waals surface area contributed by atoms with Crippen molar-refractivity contribution in [1.82, 2.24) is 0 Å². The molecule has 0 amide bonds. The molecule has 3 rings (SSSR count). The molecule has 4 heteroatoms. The molecule has 0 saturated heterocycles. The first-order chi connectivity index (χ1) is 9.09. The van der Waals surface area contributed by atoms with Gasteiger partial charge in [-0.25, -0.2) is 4.79 Å². The lowest BCUT2D eigenvalue weighted by Gasteiger charge is -2.18. The van der Waals surface area contributed by atoms with E-state index in [9.17, 15) is 4.79 Å². The Kier molecular flexibility index (Phi) is 2.82. The van der Waals surface area contributed by atoms with Crippen molar-refractivity contribution in [3.63, 3.8) is 0 Å². The van der Waals surface area contributed by atoms with E-state index in [0.29, 0.717) is 5.56 Å². The molecular weight excluding hydrogens is 258 g/mol. The summed E-state index contributed by atoms with van der Waals surface area (Å²) in [7, 11) is 4.02. The number of hydrogen-bond donors (Lipinski definition) is 0. The topological polar surface area (TPSA) is 29.5 Å². The summed E-state index contributed by atoms with van der Waals surface area (Å²) in [5.74, 6) is -0.226. The number of benzene rings is 1. The second-order valence-corrected chi connectivity index (χ2v) is 5.94. The van der Waals surface area contributed by atoms with Crippen LogP contribution in [0.2, 0.25) is 0 Å². The molecule has 1 aliphatic heterocycles. The zero-order chi connectivity index (χ0) is 13.6. The largest absolute Gasteiger partial charge is 0.449 e. The third-order valence-electron chi connectivity index (χ3n) is 3.43. The van der Waals surface area contributed by atoms with Gasteiger partial charge in [-0.05, 0) is 13.0 Å². The minimum absolute atomic E-state index is 0.226. The molecular formula is C15H15NO2S. The van der Waals surface area contributed by atoms with Gasteiger partial charge in [0.1, 0.15) is 0 Å². The Bertz CT molecular complexity index is 645. The van der Waals surface area contributed by atoms with Crippen LogP contribution in [0.4, 0.5) is 5.69 Å². The van der Waals surface area contributed by atoms with Gasteiger partial charge in [-0.2, -0.15) is 0 Å². The van der Waals surface area contributed by atoms with Crippen molar-refractivity contribution < 1.29 is 9.53 Å². The highest BCUT2D eigenvalue weighted by Crippen LogP contribution is 2.43. The fourth-order valence-electron chi connectivity index (χ4n) is 2.48. The third kappa shape index (κ3) is 1.83. The monoisotopic (exact) mass is 273 g/mol. The van der Waals surface area contributed by atoms with Crippen LogP contribution in [0.15, 0.2) is 29.6 Å². The highest BCUT2D eigenvalue weighted by molar-refractivity contribution is 7.10. The fourth-order valence-corrected chi connectivity index (χ4v) is 3.44. The maximum Gasteiger partial charge on any atom is 0.339 e. The van der Waals surface area contributed by atoms with Crippen LogP contribution in [-0.4, -0.2) is 20.1 Å². The average Bonchev–Trinajstić information content (AvgIpc) is 2.91. The van der Waals surface area contributed by atoms with Gasteiger partial charge in [-0.1, -0.05) is 18.2 Å². The van der Waals surface area contributed by atoms with Crippen molar-refractivity contribution in [1.29, 1.82) is 0 Å². The molecule has 1 aliphatic rings. The fraction of sp³-hybridized carbons (Fsp3) is 0.267. The van der Waals surface area contributed by atoms with Crippen LogP contribution in [-0.2, 0) is 4.74 Å². The Morgan fingerprint density at radius 1 is 1.26 bits per heavy atom. The Hall–Kier alpha value is -1.81. The standard InChI is InChI=1S/C15H15NO2S/c1-9-13(12(8-19-9)16(2)3)14-10-6-4-5-7-11(10)15(17)18-14/h4-8,14H,1-3H3. The predicted molar refractivity (Wildman–Crippen MR) is 77.1 cm³/mol. The number of rotatable bonds is 2. The number of hydrogen-bond acceptors (Lipinski definition) is 4. The second kappa shape index (κ2) is 4.38. The van der Waals surface area contributed by atoms with Crippen LogP contribution < -0.4 is 4.90 Å². The number of aryl methyl sites for hydroxylation is 1. The average molecular weight is 273 g/mol. The maximum atomic E-state index is 11.9. The van der Waals surface area contributed by atoms with Crippen LogP contribution in [0.25, 0.3) is 0 Å². The first-order valence-corrected chi connectivity index (χ1v) is 7.02. The van der Waals surface area contributed by atoms with E-state index in [1.54, 1.807) is 11.3 Å². The van der Waals surface area contributed by atoms with Crippen LogP contribution >= 0.6 is 11.3 Å². The molecule has 1 aromatic heterocycles. The van der Waals surface area contributed by atoms with E-state index in [2.05, 4.69) is 17.2 Å². The van der Waals surface area contributed by atoms with Crippen LogP contribution in [0.5, 0.6) is 0 Å².